The maximum atomic E-state index is 5.97. The Morgan fingerprint density at radius 2 is 2.00 bits per heavy atom. The largest absolute Gasteiger partial charge is 0.491 e. The Balaban J connectivity index is 1.71. The highest BCUT2D eigenvalue weighted by Crippen LogP contribution is 2.34. The standard InChI is InChI=1S/C15H13Cl2NO2/c16-12-4-1-9(5-13(12)17)7-19-10-2-3-11-14(18)8-20-15(11)6-10/h1-6,14H,7-8,18H2. The number of hydrogen-bond donors (Lipinski definition) is 1. The van der Waals surface area contributed by atoms with E-state index in [0.717, 1.165) is 22.6 Å². The summed E-state index contributed by atoms with van der Waals surface area (Å²) in [7, 11) is 0. The summed E-state index contributed by atoms with van der Waals surface area (Å²) in [5.41, 5.74) is 7.88. The molecule has 2 N–H and O–H groups in total. The van der Waals surface area contributed by atoms with E-state index in [-0.39, 0.29) is 6.04 Å². The Labute approximate surface area is 127 Å². The van der Waals surface area contributed by atoms with Gasteiger partial charge in [0.1, 0.15) is 24.7 Å². The summed E-state index contributed by atoms with van der Waals surface area (Å²) in [5, 5.41) is 1.06. The van der Waals surface area contributed by atoms with Crippen LogP contribution in [0.2, 0.25) is 10.0 Å². The van der Waals surface area contributed by atoms with E-state index in [2.05, 4.69) is 0 Å². The summed E-state index contributed by atoms with van der Waals surface area (Å²) in [4.78, 5) is 0. The van der Waals surface area contributed by atoms with Gasteiger partial charge in [-0.3, -0.25) is 0 Å². The van der Waals surface area contributed by atoms with Gasteiger partial charge in [-0.1, -0.05) is 29.3 Å². The topological polar surface area (TPSA) is 44.5 Å². The normalized spacial score (nSPS) is 16.6. The molecule has 1 atom stereocenters. The molecular formula is C15H13Cl2NO2. The molecule has 104 valence electrons. The predicted octanol–water partition coefficient (Wildman–Crippen LogP) is 3.96. The molecule has 0 amide bonds. The maximum Gasteiger partial charge on any atom is 0.127 e. The fourth-order valence-electron chi connectivity index (χ4n) is 2.10. The number of nitrogens with two attached hydrogens (primary N) is 1. The van der Waals surface area contributed by atoms with Crippen molar-refractivity contribution in [2.24, 2.45) is 5.73 Å². The smallest absolute Gasteiger partial charge is 0.127 e. The van der Waals surface area contributed by atoms with Crippen molar-refractivity contribution in [2.75, 3.05) is 6.61 Å². The van der Waals surface area contributed by atoms with Crippen LogP contribution in [0, 0.1) is 0 Å². The van der Waals surface area contributed by atoms with Gasteiger partial charge < -0.3 is 15.2 Å². The molecule has 0 fully saturated rings. The number of fused-ring (bicyclic) bond motifs is 1. The Morgan fingerprint density at radius 1 is 1.15 bits per heavy atom. The zero-order chi connectivity index (χ0) is 14.1. The number of benzene rings is 2. The van der Waals surface area contributed by atoms with Crippen molar-refractivity contribution >= 4 is 23.2 Å². The molecule has 1 aliphatic rings. The van der Waals surface area contributed by atoms with Crippen LogP contribution in [0.4, 0.5) is 0 Å². The highest BCUT2D eigenvalue weighted by Gasteiger charge is 2.20. The lowest BCUT2D eigenvalue weighted by atomic mass is 10.1. The number of hydrogen-bond acceptors (Lipinski definition) is 3. The first-order chi connectivity index (χ1) is 9.63. The molecule has 0 spiro atoms. The summed E-state index contributed by atoms with van der Waals surface area (Å²) < 4.78 is 11.2. The van der Waals surface area contributed by atoms with Crippen LogP contribution in [0.25, 0.3) is 0 Å². The first-order valence-electron chi connectivity index (χ1n) is 6.22. The molecule has 20 heavy (non-hydrogen) atoms. The summed E-state index contributed by atoms with van der Waals surface area (Å²) in [6.45, 7) is 0.938. The predicted molar refractivity (Wildman–Crippen MR) is 79.7 cm³/mol. The van der Waals surface area contributed by atoms with E-state index in [1.165, 1.54) is 0 Å². The molecular weight excluding hydrogens is 297 g/mol. The zero-order valence-electron chi connectivity index (χ0n) is 10.6. The lowest BCUT2D eigenvalue weighted by Gasteiger charge is -2.09. The molecule has 0 bridgehead atoms. The van der Waals surface area contributed by atoms with Crippen molar-refractivity contribution in [1.29, 1.82) is 0 Å². The van der Waals surface area contributed by atoms with Crippen molar-refractivity contribution in [3.63, 3.8) is 0 Å². The maximum absolute atomic E-state index is 5.97. The Hall–Kier alpha value is -1.42. The van der Waals surface area contributed by atoms with Crippen LogP contribution in [0.15, 0.2) is 36.4 Å². The summed E-state index contributed by atoms with van der Waals surface area (Å²) in [5.74, 6) is 1.54. The van der Waals surface area contributed by atoms with Gasteiger partial charge in [-0.15, -0.1) is 0 Å². The van der Waals surface area contributed by atoms with Crippen LogP contribution < -0.4 is 15.2 Å². The van der Waals surface area contributed by atoms with Crippen LogP contribution in [0.1, 0.15) is 17.2 Å². The van der Waals surface area contributed by atoms with Crippen molar-refractivity contribution < 1.29 is 9.47 Å². The molecule has 1 heterocycles. The number of halogens is 2. The summed E-state index contributed by atoms with van der Waals surface area (Å²) in [6, 6.07) is 11.1. The Morgan fingerprint density at radius 3 is 2.80 bits per heavy atom. The highest BCUT2D eigenvalue weighted by atomic mass is 35.5. The molecule has 3 nitrogen and oxygen atoms in total. The van der Waals surface area contributed by atoms with E-state index in [4.69, 9.17) is 38.4 Å². The third kappa shape index (κ3) is 2.70. The van der Waals surface area contributed by atoms with Crippen LogP contribution in [-0.4, -0.2) is 6.61 Å². The van der Waals surface area contributed by atoms with Gasteiger partial charge in [0.15, 0.2) is 0 Å². The van der Waals surface area contributed by atoms with Gasteiger partial charge in [-0.2, -0.15) is 0 Å². The molecule has 0 aromatic heterocycles. The Kier molecular flexibility index (Phi) is 3.74. The molecule has 2 aromatic rings. The quantitative estimate of drug-likeness (QED) is 0.933. The third-order valence-corrected chi connectivity index (χ3v) is 3.93. The second-order valence-electron chi connectivity index (χ2n) is 4.65. The SMILES string of the molecule is NC1COc2cc(OCc3ccc(Cl)c(Cl)c3)ccc21. The van der Waals surface area contributed by atoms with E-state index in [1.54, 1.807) is 12.1 Å². The molecule has 0 radical (unpaired) electrons. The second-order valence-corrected chi connectivity index (χ2v) is 5.47. The monoisotopic (exact) mass is 309 g/mol. The fraction of sp³-hybridized carbons (Fsp3) is 0.200. The third-order valence-electron chi connectivity index (χ3n) is 3.19. The molecule has 3 rings (SSSR count). The van der Waals surface area contributed by atoms with Gasteiger partial charge in [0.2, 0.25) is 0 Å². The minimum atomic E-state index is -0.0471. The molecule has 2 aromatic carbocycles. The van der Waals surface area contributed by atoms with E-state index in [1.807, 2.05) is 24.3 Å². The minimum absolute atomic E-state index is 0.0471. The molecule has 0 saturated carbocycles. The Bertz CT molecular complexity index is 646. The lowest BCUT2D eigenvalue weighted by Crippen LogP contribution is -2.10. The van der Waals surface area contributed by atoms with Gasteiger partial charge in [-0.05, 0) is 29.8 Å². The van der Waals surface area contributed by atoms with Gasteiger partial charge in [-0.25, -0.2) is 0 Å². The first kappa shape index (κ1) is 13.6. The van der Waals surface area contributed by atoms with Crippen molar-refractivity contribution in [2.45, 2.75) is 12.6 Å². The summed E-state index contributed by atoms with van der Waals surface area (Å²) >= 11 is 11.8. The highest BCUT2D eigenvalue weighted by molar-refractivity contribution is 6.42. The van der Waals surface area contributed by atoms with Crippen molar-refractivity contribution in [3.05, 3.63) is 57.6 Å². The number of rotatable bonds is 3. The van der Waals surface area contributed by atoms with Gasteiger partial charge in [0.05, 0.1) is 16.1 Å². The first-order valence-corrected chi connectivity index (χ1v) is 6.98. The molecule has 0 aliphatic carbocycles. The van der Waals surface area contributed by atoms with Crippen LogP contribution in [0.5, 0.6) is 11.5 Å². The molecule has 1 aliphatic heterocycles. The lowest BCUT2D eigenvalue weighted by molar-refractivity contribution is 0.301. The van der Waals surface area contributed by atoms with Crippen molar-refractivity contribution in [3.8, 4) is 11.5 Å². The van der Waals surface area contributed by atoms with Crippen LogP contribution >= 0.6 is 23.2 Å². The van der Waals surface area contributed by atoms with Gasteiger partial charge >= 0.3 is 0 Å². The summed E-state index contributed by atoms with van der Waals surface area (Å²) in [6.07, 6.45) is 0. The molecule has 5 heteroatoms. The van der Waals surface area contributed by atoms with E-state index >= 15 is 0 Å². The second kappa shape index (κ2) is 5.52. The molecule has 1 unspecified atom stereocenters. The van der Waals surface area contributed by atoms with Crippen LogP contribution in [0.3, 0.4) is 0 Å². The average Bonchev–Trinajstić information content (AvgIpc) is 2.81. The van der Waals surface area contributed by atoms with Crippen LogP contribution in [-0.2, 0) is 6.61 Å². The van der Waals surface area contributed by atoms with E-state index in [9.17, 15) is 0 Å². The van der Waals surface area contributed by atoms with Crippen molar-refractivity contribution in [1.82, 2.24) is 0 Å². The minimum Gasteiger partial charge on any atom is -0.491 e. The molecule has 0 saturated heterocycles. The average molecular weight is 310 g/mol. The van der Waals surface area contributed by atoms with E-state index < -0.39 is 0 Å². The van der Waals surface area contributed by atoms with E-state index in [0.29, 0.717) is 23.3 Å². The fourth-order valence-corrected chi connectivity index (χ4v) is 2.42. The zero-order valence-corrected chi connectivity index (χ0v) is 12.1. The van der Waals surface area contributed by atoms with Gasteiger partial charge in [0.25, 0.3) is 0 Å². The number of ether oxygens (including phenoxy) is 2. The van der Waals surface area contributed by atoms with Gasteiger partial charge in [0, 0.05) is 11.6 Å².